The Labute approximate surface area is 163 Å². The fraction of sp³-hybridized carbons (Fsp3) is 0.667. The van der Waals surface area contributed by atoms with Gasteiger partial charge in [0.25, 0.3) is 0 Å². The molecule has 1 unspecified atom stereocenters. The molecule has 1 fully saturated rings. The normalized spacial score (nSPS) is 16.4. The highest BCUT2D eigenvalue weighted by molar-refractivity contribution is 5.71. The van der Waals surface area contributed by atoms with Crippen molar-refractivity contribution < 1.29 is 19.0 Å². The summed E-state index contributed by atoms with van der Waals surface area (Å²) >= 11 is 0. The molecular formula is C21H34N2O4. The highest BCUT2D eigenvalue weighted by Gasteiger charge is 2.23. The number of carbonyl (C=O) groups is 1. The first kappa shape index (κ1) is 21.7. The highest BCUT2D eigenvalue weighted by atomic mass is 16.6. The van der Waals surface area contributed by atoms with Gasteiger partial charge in [-0.05, 0) is 36.5 Å². The standard InChI is InChI=1S/C21H34N2O4/c1-15(2)19(23-6-8-26-9-7-23)13-22-12-18-10-16(3)21(17(4)11-18)27-14-20(24)25-5/h10-11,15,19,22H,6-9,12-14H2,1-5H3. The van der Waals surface area contributed by atoms with Gasteiger partial charge in [-0.1, -0.05) is 26.0 Å². The second kappa shape index (κ2) is 10.6. The molecule has 1 aromatic rings. The van der Waals surface area contributed by atoms with Gasteiger partial charge in [0, 0.05) is 32.2 Å². The van der Waals surface area contributed by atoms with Crippen molar-refractivity contribution in [3.63, 3.8) is 0 Å². The van der Waals surface area contributed by atoms with E-state index in [1.54, 1.807) is 0 Å². The molecule has 0 aromatic heterocycles. The minimum absolute atomic E-state index is 0.0641. The minimum atomic E-state index is -0.373. The van der Waals surface area contributed by atoms with Gasteiger partial charge >= 0.3 is 5.97 Å². The van der Waals surface area contributed by atoms with E-state index in [0.717, 1.165) is 56.3 Å². The number of carbonyl (C=O) groups excluding carboxylic acids is 1. The number of ether oxygens (including phenoxy) is 3. The van der Waals surface area contributed by atoms with Crippen molar-refractivity contribution in [3.05, 3.63) is 28.8 Å². The second-order valence-corrected chi connectivity index (χ2v) is 7.51. The lowest BCUT2D eigenvalue weighted by atomic mass is 10.0. The highest BCUT2D eigenvalue weighted by Crippen LogP contribution is 2.25. The molecule has 1 N–H and O–H groups in total. The Hall–Kier alpha value is -1.63. The largest absolute Gasteiger partial charge is 0.481 e. The van der Waals surface area contributed by atoms with Crippen LogP contribution in [-0.2, 0) is 20.8 Å². The van der Waals surface area contributed by atoms with Crippen LogP contribution in [-0.4, -0.2) is 63.5 Å². The molecule has 152 valence electrons. The van der Waals surface area contributed by atoms with Crippen molar-refractivity contribution >= 4 is 5.97 Å². The lowest BCUT2D eigenvalue weighted by Crippen LogP contribution is -2.50. The summed E-state index contributed by atoms with van der Waals surface area (Å²) in [5.74, 6) is 0.980. The third-order valence-corrected chi connectivity index (χ3v) is 5.05. The van der Waals surface area contributed by atoms with E-state index in [1.165, 1.54) is 12.7 Å². The number of benzene rings is 1. The smallest absolute Gasteiger partial charge is 0.343 e. The summed E-state index contributed by atoms with van der Waals surface area (Å²) < 4.78 is 15.7. The van der Waals surface area contributed by atoms with Gasteiger partial charge in [0.1, 0.15) is 5.75 Å². The lowest BCUT2D eigenvalue weighted by molar-refractivity contribution is -0.142. The Morgan fingerprint density at radius 3 is 2.41 bits per heavy atom. The van der Waals surface area contributed by atoms with Crippen molar-refractivity contribution in [1.29, 1.82) is 0 Å². The van der Waals surface area contributed by atoms with Gasteiger partial charge in [0.05, 0.1) is 20.3 Å². The first-order valence-corrected chi connectivity index (χ1v) is 9.74. The summed E-state index contributed by atoms with van der Waals surface area (Å²) in [6.07, 6.45) is 0. The minimum Gasteiger partial charge on any atom is -0.481 e. The predicted molar refractivity (Wildman–Crippen MR) is 106 cm³/mol. The number of rotatable bonds is 9. The van der Waals surface area contributed by atoms with Gasteiger partial charge in [-0.2, -0.15) is 0 Å². The molecule has 0 bridgehead atoms. The number of hydrogen-bond acceptors (Lipinski definition) is 6. The van der Waals surface area contributed by atoms with Crippen LogP contribution in [0.4, 0.5) is 0 Å². The van der Waals surface area contributed by atoms with E-state index in [-0.39, 0.29) is 12.6 Å². The van der Waals surface area contributed by atoms with Crippen LogP contribution >= 0.6 is 0 Å². The first-order chi connectivity index (χ1) is 12.9. The number of aryl methyl sites for hydroxylation is 2. The molecule has 0 aliphatic carbocycles. The molecule has 1 aliphatic rings. The Morgan fingerprint density at radius 2 is 1.85 bits per heavy atom. The van der Waals surface area contributed by atoms with Crippen molar-refractivity contribution in [2.75, 3.05) is 46.6 Å². The van der Waals surface area contributed by atoms with Crippen LogP contribution in [0, 0.1) is 19.8 Å². The Kier molecular flexibility index (Phi) is 8.54. The summed E-state index contributed by atoms with van der Waals surface area (Å²) in [6.45, 7) is 14.0. The first-order valence-electron chi connectivity index (χ1n) is 9.74. The number of nitrogens with one attached hydrogen (secondary N) is 1. The van der Waals surface area contributed by atoms with Crippen molar-refractivity contribution in [1.82, 2.24) is 10.2 Å². The van der Waals surface area contributed by atoms with Crippen LogP contribution in [0.5, 0.6) is 5.75 Å². The number of morpholine rings is 1. The molecule has 6 heteroatoms. The SMILES string of the molecule is COC(=O)COc1c(C)cc(CNCC(C(C)C)N2CCOCC2)cc1C. The van der Waals surface area contributed by atoms with E-state index in [9.17, 15) is 4.79 Å². The molecule has 1 aliphatic heterocycles. The maximum Gasteiger partial charge on any atom is 0.343 e. The van der Waals surface area contributed by atoms with Crippen molar-refractivity contribution in [3.8, 4) is 5.75 Å². The molecule has 0 radical (unpaired) electrons. The van der Waals surface area contributed by atoms with Crippen LogP contribution in [0.15, 0.2) is 12.1 Å². The van der Waals surface area contributed by atoms with E-state index in [1.807, 2.05) is 13.8 Å². The van der Waals surface area contributed by atoms with Crippen molar-refractivity contribution in [2.45, 2.75) is 40.3 Å². The van der Waals surface area contributed by atoms with Gasteiger partial charge < -0.3 is 19.5 Å². The molecule has 0 amide bonds. The fourth-order valence-corrected chi connectivity index (χ4v) is 3.62. The molecular weight excluding hydrogens is 344 g/mol. The molecule has 0 spiro atoms. The van der Waals surface area contributed by atoms with Crippen LogP contribution in [0.1, 0.15) is 30.5 Å². The summed E-state index contributed by atoms with van der Waals surface area (Å²) in [5, 5.41) is 3.62. The molecule has 27 heavy (non-hydrogen) atoms. The summed E-state index contributed by atoms with van der Waals surface area (Å²) in [4.78, 5) is 13.8. The maximum atomic E-state index is 11.3. The third kappa shape index (κ3) is 6.48. The number of esters is 1. The molecule has 2 rings (SSSR count). The average Bonchev–Trinajstić information content (AvgIpc) is 2.64. The number of nitrogens with zero attached hydrogens (tertiary/aromatic N) is 1. The zero-order chi connectivity index (χ0) is 19.8. The molecule has 1 aromatic carbocycles. The van der Waals surface area contributed by atoms with Gasteiger partial charge in [-0.15, -0.1) is 0 Å². The molecule has 1 saturated heterocycles. The Bertz CT molecular complexity index is 589. The van der Waals surface area contributed by atoms with E-state index < -0.39 is 0 Å². The second-order valence-electron chi connectivity index (χ2n) is 7.51. The summed E-state index contributed by atoms with van der Waals surface area (Å²) in [7, 11) is 1.36. The summed E-state index contributed by atoms with van der Waals surface area (Å²) in [5.41, 5.74) is 3.29. The van der Waals surface area contributed by atoms with E-state index in [0.29, 0.717) is 12.0 Å². The molecule has 6 nitrogen and oxygen atoms in total. The fourth-order valence-electron chi connectivity index (χ4n) is 3.62. The van der Waals surface area contributed by atoms with E-state index >= 15 is 0 Å². The zero-order valence-corrected chi connectivity index (χ0v) is 17.3. The lowest BCUT2D eigenvalue weighted by Gasteiger charge is -2.37. The van der Waals surface area contributed by atoms with Gasteiger partial charge in [-0.3, -0.25) is 4.90 Å². The quantitative estimate of drug-likeness (QED) is 0.666. The zero-order valence-electron chi connectivity index (χ0n) is 17.3. The Morgan fingerprint density at radius 1 is 1.22 bits per heavy atom. The van der Waals surface area contributed by atoms with Gasteiger partial charge in [0.15, 0.2) is 6.61 Å². The van der Waals surface area contributed by atoms with Gasteiger partial charge in [-0.25, -0.2) is 4.79 Å². The van der Waals surface area contributed by atoms with Crippen LogP contribution in [0.2, 0.25) is 0 Å². The monoisotopic (exact) mass is 378 g/mol. The molecule has 0 saturated carbocycles. The van der Waals surface area contributed by atoms with E-state index in [4.69, 9.17) is 9.47 Å². The van der Waals surface area contributed by atoms with Crippen molar-refractivity contribution in [2.24, 2.45) is 5.92 Å². The topological polar surface area (TPSA) is 60.0 Å². The maximum absolute atomic E-state index is 11.3. The third-order valence-electron chi connectivity index (χ3n) is 5.05. The van der Waals surface area contributed by atoms with E-state index in [2.05, 4.69) is 40.9 Å². The summed E-state index contributed by atoms with van der Waals surface area (Å²) in [6, 6.07) is 4.75. The van der Waals surface area contributed by atoms with Gasteiger partial charge in [0.2, 0.25) is 0 Å². The Balaban J connectivity index is 1.91. The average molecular weight is 379 g/mol. The predicted octanol–water partition coefficient (Wildman–Crippen LogP) is 2.30. The molecule has 1 heterocycles. The number of methoxy groups -OCH3 is 1. The molecule has 1 atom stereocenters. The van der Waals surface area contributed by atoms with Crippen LogP contribution in [0.25, 0.3) is 0 Å². The van der Waals surface area contributed by atoms with Crippen LogP contribution in [0.3, 0.4) is 0 Å². The number of hydrogen-bond donors (Lipinski definition) is 1. The van der Waals surface area contributed by atoms with Crippen LogP contribution < -0.4 is 10.1 Å².